The Morgan fingerprint density at radius 1 is 1.20 bits per heavy atom. The Balaban J connectivity index is 2.18. The van der Waals surface area contributed by atoms with E-state index >= 15 is 0 Å². The molecule has 0 radical (unpaired) electrons. The first-order valence-corrected chi connectivity index (χ1v) is 8.88. The molecule has 5 heteroatoms. The maximum atomic E-state index is 12.4. The lowest BCUT2D eigenvalue weighted by Crippen LogP contribution is -2.32. The minimum absolute atomic E-state index is 0.183. The van der Waals surface area contributed by atoms with Crippen LogP contribution >= 0.6 is 0 Å². The average molecular weight is 339 g/mol. The maximum absolute atomic E-state index is 12.4. The summed E-state index contributed by atoms with van der Waals surface area (Å²) in [5.74, 6) is 0.811. The summed E-state index contributed by atoms with van der Waals surface area (Å²) in [7, 11) is 0. The zero-order valence-corrected chi connectivity index (χ0v) is 15.4. The summed E-state index contributed by atoms with van der Waals surface area (Å²) in [5.41, 5.74) is 2.23. The molecule has 0 amide bonds. The molecule has 0 bridgehead atoms. The molecule has 3 aromatic rings. The number of hydrogen-bond acceptors (Lipinski definition) is 4. The van der Waals surface area contributed by atoms with Crippen molar-refractivity contribution in [3.63, 3.8) is 0 Å². The number of nitrogens with zero attached hydrogens (tertiary/aromatic N) is 3. The Labute approximate surface area is 148 Å². The molecule has 0 saturated carbocycles. The highest BCUT2D eigenvalue weighted by Crippen LogP contribution is 2.29. The summed E-state index contributed by atoms with van der Waals surface area (Å²) in [6.07, 6.45) is 3.68. The van der Waals surface area contributed by atoms with Gasteiger partial charge in [0.2, 0.25) is 0 Å². The van der Waals surface area contributed by atoms with Crippen LogP contribution in [0.3, 0.4) is 0 Å². The first kappa shape index (κ1) is 17.4. The van der Waals surface area contributed by atoms with Crippen LogP contribution < -0.4 is 0 Å². The van der Waals surface area contributed by atoms with Crippen molar-refractivity contribution in [3.8, 4) is 0 Å². The second kappa shape index (κ2) is 6.82. The average Bonchev–Trinajstić information content (AvgIpc) is 2.93. The molecular weight excluding hydrogens is 314 g/mol. The molecule has 0 fully saturated rings. The lowest BCUT2D eigenvalue weighted by molar-refractivity contribution is -0.154. The Morgan fingerprint density at radius 2 is 1.96 bits per heavy atom. The van der Waals surface area contributed by atoms with Crippen LogP contribution in [-0.4, -0.2) is 27.1 Å². The van der Waals surface area contributed by atoms with Gasteiger partial charge >= 0.3 is 5.97 Å². The molecule has 5 nitrogen and oxygen atoms in total. The fraction of sp³-hybridized carbons (Fsp3) is 0.450. The first-order valence-electron chi connectivity index (χ1n) is 8.88. The van der Waals surface area contributed by atoms with Gasteiger partial charge in [0.05, 0.1) is 29.3 Å². The molecule has 132 valence electrons. The highest BCUT2D eigenvalue weighted by atomic mass is 16.5. The Kier molecular flexibility index (Phi) is 4.75. The number of aryl methyl sites for hydroxylation is 1. The molecule has 0 aliphatic rings. The molecule has 0 aliphatic heterocycles. The van der Waals surface area contributed by atoms with Gasteiger partial charge < -0.3 is 9.30 Å². The van der Waals surface area contributed by atoms with Gasteiger partial charge in [-0.1, -0.05) is 25.1 Å². The van der Waals surface area contributed by atoms with Gasteiger partial charge in [-0.15, -0.1) is 0 Å². The van der Waals surface area contributed by atoms with Crippen LogP contribution in [0.2, 0.25) is 0 Å². The smallest absolute Gasteiger partial charge is 0.313 e. The van der Waals surface area contributed by atoms with Crippen molar-refractivity contribution in [2.75, 3.05) is 6.61 Å². The van der Waals surface area contributed by atoms with Gasteiger partial charge in [0.25, 0.3) is 0 Å². The molecule has 1 aromatic carbocycles. The van der Waals surface area contributed by atoms with Crippen LogP contribution in [0.5, 0.6) is 0 Å². The van der Waals surface area contributed by atoms with Gasteiger partial charge in [-0.25, -0.2) is 4.98 Å². The minimum atomic E-state index is -0.628. The van der Waals surface area contributed by atoms with Gasteiger partial charge in [0, 0.05) is 18.4 Å². The summed E-state index contributed by atoms with van der Waals surface area (Å²) in [4.78, 5) is 21.7. The van der Waals surface area contributed by atoms with E-state index in [1.165, 1.54) is 0 Å². The Hall–Kier alpha value is -2.43. The summed E-state index contributed by atoms with van der Waals surface area (Å²) in [6.45, 7) is 8.75. The second-order valence-electron chi connectivity index (χ2n) is 6.98. The van der Waals surface area contributed by atoms with E-state index in [1.54, 1.807) is 0 Å². The summed E-state index contributed by atoms with van der Waals surface area (Å²) >= 11 is 0. The molecule has 2 heterocycles. The molecule has 0 spiro atoms. The number of fused-ring (bicyclic) bond motifs is 3. The van der Waals surface area contributed by atoms with Crippen LogP contribution in [0.1, 0.15) is 39.9 Å². The zero-order valence-electron chi connectivity index (χ0n) is 15.4. The molecule has 25 heavy (non-hydrogen) atoms. The summed E-state index contributed by atoms with van der Waals surface area (Å²) < 4.78 is 7.45. The van der Waals surface area contributed by atoms with Crippen LogP contribution in [0.15, 0.2) is 30.5 Å². The second-order valence-corrected chi connectivity index (χ2v) is 6.98. The molecule has 2 aromatic heterocycles. The number of esters is 1. The molecule has 0 atom stereocenters. The Bertz CT molecular complexity index is 912. The fourth-order valence-electron chi connectivity index (χ4n) is 3.18. The van der Waals surface area contributed by atoms with E-state index in [2.05, 4.69) is 22.5 Å². The number of para-hydroxylation sites is 1. The number of pyridine rings is 1. The summed E-state index contributed by atoms with van der Waals surface area (Å²) in [5, 5.41) is 1.06. The number of hydrogen-bond donors (Lipinski definition) is 0. The van der Waals surface area contributed by atoms with Crippen molar-refractivity contribution in [2.24, 2.45) is 5.41 Å². The number of imidazole rings is 1. The molecule has 0 aliphatic carbocycles. The van der Waals surface area contributed by atoms with Gasteiger partial charge in [-0.2, -0.15) is 0 Å². The normalized spacial score (nSPS) is 12.0. The monoisotopic (exact) mass is 339 g/mol. The number of benzene rings is 1. The number of aromatic nitrogens is 3. The van der Waals surface area contributed by atoms with Gasteiger partial charge in [0.1, 0.15) is 11.3 Å². The highest BCUT2D eigenvalue weighted by molar-refractivity contribution is 6.02. The largest absolute Gasteiger partial charge is 0.466 e. The predicted molar refractivity (Wildman–Crippen MR) is 99.4 cm³/mol. The fourth-order valence-corrected chi connectivity index (χ4v) is 3.18. The topological polar surface area (TPSA) is 57.0 Å². The van der Waals surface area contributed by atoms with E-state index in [-0.39, 0.29) is 5.97 Å². The van der Waals surface area contributed by atoms with Crippen LogP contribution in [0.4, 0.5) is 0 Å². The van der Waals surface area contributed by atoms with Crippen molar-refractivity contribution in [2.45, 2.75) is 47.1 Å². The molecule has 0 unspecified atom stereocenters. The van der Waals surface area contributed by atoms with Crippen molar-refractivity contribution in [1.82, 2.24) is 14.5 Å². The van der Waals surface area contributed by atoms with Gasteiger partial charge in [-0.3, -0.25) is 9.78 Å². The quantitative estimate of drug-likeness (QED) is 0.634. The van der Waals surface area contributed by atoms with Crippen molar-refractivity contribution in [1.29, 1.82) is 0 Å². The first-order chi connectivity index (χ1) is 12.0. The lowest BCUT2D eigenvalue weighted by Gasteiger charge is -2.24. The van der Waals surface area contributed by atoms with Crippen molar-refractivity contribution < 1.29 is 9.53 Å². The van der Waals surface area contributed by atoms with E-state index in [1.807, 2.05) is 45.2 Å². The molecular formula is C20H25N3O2. The lowest BCUT2D eigenvalue weighted by atomic mass is 9.93. The third-order valence-electron chi connectivity index (χ3n) is 4.41. The third kappa shape index (κ3) is 3.23. The van der Waals surface area contributed by atoms with E-state index in [4.69, 9.17) is 9.72 Å². The van der Waals surface area contributed by atoms with Crippen LogP contribution in [-0.2, 0) is 22.5 Å². The number of ether oxygens (including phenoxy) is 1. The highest BCUT2D eigenvalue weighted by Gasteiger charge is 2.31. The van der Waals surface area contributed by atoms with Crippen LogP contribution in [0.25, 0.3) is 21.9 Å². The maximum Gasteiger partial charge on any atom is 0.313 e. The minimum Gasteiger partial charge on any atom is -0.466 e. The van der Waals surface area contributed by atoms with Crippen molar-refractivity contribution >= 4 is 27.9 Å². The number of carbonyl (C=O) groups excluding carboxylic acids is 1. The van der Waals surface area contributed by atoms with Gasteiger partial charge in [-0.05, 0) is 33.3 Å². The SMILES string of the molecule is CCCc1nc2cnc3ccccc3c2n1CC(C)(C)C(=O)OCC. The van der Waals surface area contributed by atoms with E-state index in [9.17, 15) is 4.79 Å². The molecule has 0 N–H and O–H groups in total. The van der Waals surface area contributed by atoms with Crippen molar-refractivity contribution in [3.05, 3.63) is 36.3 Å². The third-order valence-corrected chi connectivity index (χ3v) is 4.41. The molecule has 0 saturated heterocycles. The summed E-state index contributed by atoms with van der Waals surface area (Å²) in [6, 6.07) is 8.06. The number of carbonyl (C=O) groups is 1. The number of rotatable bonds is 6. The predicted octanol–water partition coefficient (Wildman–Crippen LogP) is 4.13. The standard InChI is InChI=1S/C20H25N3O2/c1-5-9-17-22-16-12-21-15-11-8-7-10-14(15)18(16)23(17)13-20(3,4)19(24)25-6-2/h7-8,10-12H,5-6,9,13H2,1-4H3. The van der Waals surface area contributed by atoms with E-state index < -0.39 is 5.41 Å². The van der Waals surface area contributed by atoms with E-state index in [0.29, 0.717) is 13.2 Å². The van der Waals surface area contributed by atoms with Gasteiger partial charge in [0.15, 0.2) is 0 Å². The van der Waals surface area contributed by atoms with Crippen LogP contribution in [0, 0.1) is 5.41 Å². The van der Waals surface area contributed by atoms with E-state index in [0.717, 1.165) is 40.6 Å². The molecule has 3 rings (SSSR count). The Morgan fingerprint density at radius 3 is 2.68 bits per heavy atom. The zero-order chi connectivity index (χ0) is 18.0.